The number of Topliss-reactive ketones (excluding diaryl/α,β-unsaturated/α-hetero) is 4. The molecule has 1 saturated carbocycles. The number of hydrogen-bond acceptors (Lipinski definition) is 26. The van der Waals surface area contributed by atoms with Gasteiger partial charge in [0.1, 0.15) is 41.6 Å². The second-order valence-electron chi connectivity index (χ2n) is 24.3. The van der Waals surface area contributed by atoms with Crippen molar-refractivity contribution in [2.24, 2.45) is 10.5 Å². The first-order valence-electron chi connectivity index (χ1n) is 29.9. The molecule has 11 rings (SSSR count). The Labute approximate surface area is 599 Å². The van der Waals surface area contributed by atoms with E-state index in [2.05, 4.69) is 31.5 Å². The van der Waals surface area contributed by atoms with Gasteiger partial charge in [0.05, 0.1) is 31.6 Å². The molecule has 0 unspecified atom stereocenters. The molecule has 1 aromatic rings. The summed E-state index contributed by atoms with van der Waals surface area (Å²) in [7, 11) is 17.4. The Kier molecular flexibility index (Phi) is 32.1. The molecule has 1 aromatic carbocycles. The molecule has 0 atom stereocenters. The predicted octanol–water partition coefficient (Wildman–Crippen LogP) is 2.61. The standard InChI is InChI=1S/C13H14O2.C8H12O2.C6H8N2O3.C6H8N2O2S.C6H8O4.C5H8N2O2.C5H8N2OS.C5H8N2O.C4H5NO2S.C4H5NOS2/c1-6-7(2)9(4)13-11(15)5-10(14)12(13)8(6)3;1-8(2)4-6(9)3-7(10)5-8;2*1-7-4(9)3-5(10)8(2)6(7)11;1-6(2)9-4(7)3-5(8)10-6;1-6-4(8)3-5(9)7(6)2;1-6-3-4(8)7(2)5(6)9;1-4-3-5(8)7(2)6-4;1-5-3(6)2-7-4(5)8;1-5-3(6)2-8-4(5)7/h5H2,1-4H3;3-5H2,1-2H3;2*3H2,1-2H3;3H2,1-2H3;2*3H2,1-2H3;3H2,1-2H3;2*2H2,1H3. The lowest BCUT2D eigenvalue weighted by Crippen LogP contribution is -2.51. The number of carbonyl (C=O) groups is 17. The van der Waals surface area contributed by atoms with Gasteiger partial charge in [0, 0.05) is 121 Å². The number of rotatable bonds is 0. The van der Waals surface area contributed by atoms with Crippen LogP contribution in [-0.4, -0.2) is 282 Å². The number of likely N-dealkylation sites (N-methyl/N-ethyl adjacent to an activating group) is 3. The normalized spacial score (nSPS) is 19.9. The van der Waals surface area contributed by atoms with Crippen molar-refractivity contribution in [2.45, 2.75) is 126 Å². The molecule has 0 aromatic heterocycles. The SMILES string of the molecule is CC1(C)CC(=O)CC(=O)C1.CC1(C)OC(=O)CC(=O)O1.CC1=NN(C)C(=O)C1.CN1C(=O)CC(=O)N(C)C1=O.CN1C(=O)CC(=O)N(C)C1=S.CN1C(=O)CC(=O)N1C.CN1C(=O)COC1=S.CN1C(=O)CSC1=S.CN1CC(=O)N(C)C1=S.Cc1c(C)c(C)c2c(c1C)C(=O)CC2=O. The van der Waals surface area contributed by atoms with Gasteiger partial charge in [0.2, 0.25) is 53.2 Å². The maximum Gasteiger partial charge on any atom is 0.332 e. The van der Waals surface area contributed by atoms with Gasteiger partial charge in [-0.1, -0.05) is 37.8 Å². The first kappa shape index (κ1) is 86.3. The number of hydrogen-bond donors (Lipinski definition) is 0. The highest BCUT2D eigenvalue weighted by Gasteiger charge is 2.37. The molecule has 37 heteroatoms. The Balaban J connectivity index is 0.000000376. The van der Waals surface area contributed by atoms with Gasteiger partial charge in [-0.15, -0.1) is 0 Å². The van der Waals surface area contributed by atoms with Gasteiger partial charge in [-0.3, -0.25) is 116 Å². The van der Waals surface area contributed by atoms with Gasteiger partial charge < -0.3 is 24.0 Å². The third-order valence-corrected chi connectivity index (χ3v) is 18.5. The second kappa shape index (κ2) is 36.9. The summed E-state index contributed by atoms with van der Waals surface area (Å²) in [4.78, 5) is 195. The van der Waals surface area contributed by atoms with Crippen LogP contribution in [0.4, 0.5) is 4.79 Å². The number of barbiturate groups is 1. The van der Waals surface area contributed by atoms with Crippen LogP contribution in [0.5, 0.6) is 0 Å². The quantitative estimate of drug-likeness (QED) is 0.205. The molecule has 8 heterocycles. The highest BCUT2D eigenvalue weighted by molar-refractivity contribution is 8.24. The Hall–Kier alpha value is -8.81. The van der Waals surface area contributed by atoms with Crippen LogP contribution in [0.1, 0.15) is 135 Å². The number of amides is 12. The van der Waals surface area contributed by atoms with Crippen LogP contribution < -0.4 is 0 Å². The maximum absolute atomic E-state index is 11.7. The molecule has 0 spiro atoms. The number of thioether (sulfide) groups is 1. The number of hydrazine groups is 1. The average molecular weight is 1480 g/mol. The highest BCUT2D eigenvalue weighted by atomic mass is 32.2. The van der Waals surface area contributed by atoms with E-state index in [1.54, 1.807) is 61.3 Å². The van der Waals surface area contributed by atoms with E-state index in [1.165, 1.54) is 79.2 Å². The number of esters is 2. The van der Waals surface area contributed by atoms with Crippen LogP contribution in [-0.2, 0) is 81.3 Å². The van der Waals surface area contributed by atoms with Crippen LogP contribution >= 0.6 is 60.6 Å². The fourth-order valence-electron chi connectivity index (χ4n) is 9.13. The third kappa shape index (κ3) is 24.8. The molecule has 0 bridgehead atoms. The first-order valence-corrected chi connectivity index (χ1v) is 32.5. The van der Waals surface area contributed by atoms with E-state index >= 15 is 0 Å². The maximum atomic E-state index is 11.7. The van der Waals surface area contributed by atoms with Crippen molar-refractivity contribution in [1.29, 1.82) is 0 Å². The van der Waals surface area contributed by atoms with Crippen LogP contribution in [0.15, 0.2) is 5.10 Å². The first-order chi connectivity index (χ1) is 45.4. The monoisotopic (exact) mass is 1480 g/mol. The van der Waals surface area contributed by atoms with Gasteiger partial charge in [-0.25, -0.2) is 9.80 Å². The number of hydrazone groups is 1. The van der Waals surface area contributed by atoms with Crippen LogP contribution in [0.2, 0.25) is 0 Å². The minimum atomic E-state index is -1.08. The zero-order valence-electron chi connectivity index (χ0n) is 59.1. The molecular weight excluding hydrogens is 1390 g/mol. The number of ether oxygens (including phenoxy) is 3. The van der Waals surface area contributed by atoms with E-state index in [0.29, 0.717) is 52.1 Å². The lowest BCUT2D eigenvalue weighted by Gasteiger charge is -2.30. The van der Waals surface area contributed by atoms with Crippen molar-refractivity contribution in [3.63, 3.8) is 0 Å². The number of cyclic esters (lactones) is 2. The molecule has 542 valence electrons. The number of thiocarbonyl (C=S) groups is 4. The highest BCUT2D eigenvalue weighted by Crippen LogP contribution is 2.33. The minimum Gasteiger partial charge on any atom is -0.461 e. The molecule has 8 aliphatic heterocycles. The summed E-state index contributed by atoms with van der Waals surface area (Å²) in [6.45, 7) is 17.2. The van der Waals surface area contributed by atoms with Crippen molar-refractivity contribution >= 4 is 186 Å². The van der Waals surface area contributed by atoms with E-state index in [1.807, 2.05) is 55.5 Å². The lowest BCUT2D eigenvalue weighted by molar-refractivity contribution is -0.231. The topological polar surface area (TPSA) is 366 Å². The fraction of sp³-hybridized carbons (Fsp3) is 0.548. The average Bonchev–Trinajstić information content (AvgIpc) is 1.63. The van der Waals surface area contributed by atoms with Crippen LogP contribution in [0.3, 0.4) is 0 Å². The Morgan fingerprint density at radius 1 is 0.414 bits per heavy atom. The molecular formula is C62H84N12O20S5. The largest absolute Gasteiger partial charge is 0.461 e. The smallest absolute Gasteiger partial charge is 0.332 e. The summed E-state index contributed by atoms with van der Waals surface area (Å²) in [5.41, 5.74) is 6.38. The van der Waals surface area contributed by atoms with Gasteiger partial charge in [0.25, 0.3) is 16.9 Å². The number of benzene rings is 1. The number of fused-ring (bicyclic) bond motifs is 1. The van der Waals surface area contributed by atoms with Gasteiger partial charge in [-0.2, -0.15) is 5.10 Å². The fourth-order valence-corrected chi connectivity index (χ4v) is 10.7. The number of urea groups is 1. The van der Waals surface area contributed by atoms with E-state index in [-0.39, 0.29) is 131 Å². The summed E-state index contributed by atoms with van der Waals surface area (Å²) in [5, 5.41) is 9.01. The summed E-state index contributed by atoms with van der Waals surface area (Å²) >= 11 is 20.5. The molecule has 2 aliphatic carbocycles. The Morgan fingerprint density at radius 3 is 1.05 bits per heavy atom. The number of imide groups is 2. The Bertz CT molecular complexity index is 3310. The van der Waals surface area contributed by atoms with Gasteiger partial charge >= 0.3 is 18.0 Å². The van der Waals surface area contributed by atoms with Crippen molar-refractivity contribution in [3.8, 4) is 0 Å². The zero-order chi connectivity index (χ0) is 76.5. The summed E-state index contributed by atoms with van der Waals surface area (Å²) in [6.07, 6.45) is 1.32. The summed E-state index contributed by atoms with van der Waals surface area (Å²) in [5.74, 6) is -2.89. The van der Waals surface area contributed by atoms with Crippen molar-refractivity contribution in [2.75, 3.05) is 96.4 Å². The van der Waals surface area contributed by atoms with Crippen molar-refractivity contribution in [1.82, 2.24) is 54.2 Å². The zero-order valence-corrected chi connectivity index (χ0v) is 63.1. The summed E-state index contributed by atoms with van der Waals surface area (Å²) in [6, 6.07) is -0.564. The molecule has 32 nitrogen and oxygen atoms in total. The number of ketones is 4. The van der Waals surface area contributed by atoms with Crippen LogP contribution in [0, 0.1) is 33.1 Å². The summed E-state index contributed by atoms with van der Waals surface area (Å²) < 4.78 is 14.7. The van der Waals surface area contributed by atoms with Crippen LogP contribution in [0.25, 0.3) is 0 Å². The van der Waals surface area contributed by atoms with Crippen molar-refractivity contribution < 1.29 is 95.7 Å². The molecule has 10 aliphatic rings. The number of carbonyl (C=O) groups excluding carboxylic acids is 17. The van der Waals surface area contributed by atoms with E-state index in [4.69, 9.17) is 36.7 Å². The Morgan fingerprint density at radius 2 is 0.818 bits per heavy atom. The van der Waals surface area contributed by atoms with E-state index in [0.717, 1.165) is 37.8 Å². The molecule has 0 radical (unpaired) electrons. The molecule has 7 saturated heterocycles. The van der Waals surface area contributed by atoms with Gasteiger partial charge in [0.15, 0.2) is 28.4 Å². The third-order valence-electron chi connectivity index (χ3n) is 15.4. The molecule has 99 heavy (non-hydrogen) atoms. The predicted molar refractivity (Wildman–Crippen MR) is 373 cm³/mol. The minimum absolute atomic E-state index is 0.0151. The van der Waals surface area contributed by atoms with E-state index < -0.39 is 35.6 Å². The number of nitrogens with zero attached hydrogens (tertiary/aromatic N) is 12. The molecule has 0 N–H and O–H groups in total. The molecule has 8 fully saturated rings. The second-order valence-corrected chi connectivity index (χ2v) is 27.0. The van der Waals surface area contributed by atoms with Gasteiger partial charge in [-0.05, 0) is 98.9 Å². The molecule has 12 amide bonds. The van der Waals surface area contributed by atoms with E-state index in [9.17, 15) is 81.5 Å². The lowest BCUT2D eigenvalue weighted by atomic mass is 9.76. The van der Waals surface area contributed by atoms with Crippen molar-refractivity contribution in [3.05, 3.63) is 33.4 Å².